The molecule has 0 heterocycles. The minimum atomic E-state index is -0.963. The van der Waals surface area contributed by atoms with Crippen LogP contribution in [0, 0.1) is 11.7 Å². The summed E-state index contributed by atoms with van der Waals surface area (Å²) >= 11 is 0. The quantitative estimate of drug-likeness (QED) is 0.765. The zero-order valence-corrected chi connectivity index (χ0v) is 12.9. The zero-order valence-electron chi connectivity index (χ0n) is 12.9. The van der Waals surface area contributed by atoms with Gasteiger partial charge in [-0.1, -0.05) is 49.4 Å². The second-order valence-corrected chi connectivity index (χ2v) is 5.54. The van der Waals surface area contributed by atoms with E-state index in [1.165, 1.54) is 18.2 Å². The van der Waals surface area contributed by atoms with Crippen molar-refractivity contribution in [2.24, 2.45) is 11.7 Å². The van der Waals surface area contributed by atoms with Crippen LogP contribution in [0.5, 0.6) is 0 Å². The molecule has 3 atom stereocenters. The number of aliphatic hydroxyl groups excluding tert-OH is 1. The summed E-state index contributed by atoms with van der Waals surface area (Å²) in [6, 6.07) is 14.6. The standard InChI is InChI=1S/C18H21FN2O2/c1-12(17(20)13-6-3-2-4-7-13)18(23)21-11-16(22)14-8-5-9-15(19)10-14/h2-10,12,16-17,22H,11,20H2,1H3,(H,21,23). The van der Waals surface area contributed by atoms with Crippen molar-refractivity contribution in [2.75, 3.05) is 6.54 Å². The highest BCUT2D eigenvalue weighted by Gasteiger charge is 2.22. The topological polar surface area (TPSA) is 75.3 Å². The molecule has 0 bridgehead atoms. The molecular formula is C18H21FN2O2. The predicted molar refractivity (Wildman–Crippen MR) is 86.9 cm³/mol. The molecule has 0 fully saturated rings. The van der Waals surface area contributed by atoms with Crippen molar-refractivity contribution in [1.82, 2.24) is 5.32 Å². The number of hydrogen-bond acceptors (Lipinski definition) is 3. The third-order valence-electron chi connectivity index (χ3n) is 3.84. The van der Waals surface area contributed by atoms with Crippen molar-refractivity contribution < 1.29 is 14.3 Å². The van der Waals surface area contributed by atoms with E-state index < -0.39 is 23.9 Å². The lowest BCUT2D eigenvalue weighted by Gasteiger charge is -2.21. The van der Waals surface area contributed by atoms with Crippen molar-refractivity contribution >= 4 is 5.91 Å². The van der Waals surface area contributed by atoms with E-state index in [2.05, 4.69) is 5.32 Å². The summed E-state index contributed by atoms with van der Waals surface area (Å²) in [7, 11) is 0. The highest BCUT2D eigenvalue weighted by atomic mass is 19.1. The molecule has 0 spiro atoms. The fourth-order valence-corrected chi connectivity index (χ4v) is 2.32. The predicted octanol–water partition coefficient (Wildman–Crippen LogP) is 2.31. The molecule has 0 aromatic heterocycles. The van der Waals surface area contributed by atoms with E-state index in [0.717, 1.165) is 5.56 Å². The number of nitrogens with one attached hydrogen (secondary N) is 1. The molecule has 0 aliphatic carbocycles. The average molecular weight is 316 g/mol. The first-order valence-corrected chi connectivity index (χ1v) is 7.51. The van der Waals surface area contributed by atoms with Gasteiger partial charge in [-0.3, -0.25) is 4.79 Å². The monoisotopic (exact) mass is 316 g/mol. The Balaban J connectivity index is 1.91. The summed E-state index contributed by atoms with van der Waals surface area (Å²) in [5, 5.41) is 12.7. The van der Waals surface area contributed by atoms with Crippen molar-refractivity contribution in [3.05, 3.63) is 71.5 Å². The lowest BCUT2D eigenvalue weighted by molar-refractivity contribution is -0.125. The average Bonchev–Trinajstić information content (AvgIpc) is 2.58. The van der Waals surface area contributed by atoms with Crippen LogP contribution >= 0.6 is 0 Å². The van der Waals surface area contributed by atoms with Crippen LogP contribution in [0.2, 0.25) is 0 Å². The number of aliphatic hydroxyl groups is 1. The number of amides is 1. The van der Waals surface area contributed by atoms with E-state index >= 15 is 0 Å². The first-order chi connectivity index (χ1) is 11.0. The van der Waals surface area contributed by atoms with Gasteiger partial charge in [-0.2, -0.15) is 0 Å². The first kappa shape index (κ1) is 17.1. The van der Waals surface area contributed by atoms with Gasteiger partial charge in [0.1, 0.15) is 5.82 Å². The van der Waals surface area contributed by atoms with Crippen LogP contribution in [0.3, 0.4) is 0 Å². The van der Waals surface area contributed by atoms with Crippen molar-refractivity contribution in [1.29, 1.82) is 0 Å². The fraction of sp³-hybridized carbons (Fsp3) is 0.278. The largest absolute Gasteiger partial charge is 0.387 e. The molecule has 0 radical (unpaired) electrons. The summed E-state index contributed by atoms with van der Waals surface area (Å²) < 4.78 is 13.1. The van der Waals surface area contributed by atoms with Gasteiger partial charge < -0.3 is 16.2 Å². The van der Waals surface area contributed by atoms with Crippen LogP contribution < -0.4 is 11.1 Å². The highest BCUT2D eigenvalue weighted by Crippen LogP contribution is 2.19. The molecule has 0 aliphatic rings. The Morgan fingerprint density at radius 2 is 1.83 bits per heavy atom. The Morgan fingerprint density at radius 1 is 1.17 bits per heavy atom. The number of carbonyl (C=O) groups excluding carboxylic acids is 1. The number of benzene rings is 2. The molecule has 1 amide bonds. The maximum atomic E-state index is 13.1. The number of hydrogen-bond donors (Lipinski definition) is 3. The second-order valence-electron chi connectivity index (χ2n) is 5.54. The summed E-state index contributed by atoms with van der Waals surface area (Å²) in [5.41, 5.74) is 7.40. The van der Waals surface area contributed by atoms with Crippen LogP contribution in [-0.2, 0) is 4.79 Å². The number of halogens is 1. The smallest absolute Gasteiger partial charge is 0.224 e. The molecule has 2 rings (SSSR count). The molecule has 0 aliphatic heterocycles. The Labute approximate surface area is 135 Å². The minimum Gasteiger partial charge on any atom is -0.387 e. The Bertz CT molecular complexity index is 648. The van der Waals surface area contributed by atoms with Crippen LogP contribution in [0.4, 0.5) is 4.39 Å². The zero-order chi connectivity index (χ0) is 16.8. The Hall–Kier alpha value is -2.24. The molecule has 0 saturated carbocycles. The van der Waals surface area contributed by atoms with Gasteiger partial charge in [-0.05, 0) is 23.3 Å². The van der Waals surface area contributed by atoms with Gasteiger partial charge in [0, 0.05) is 12.6 Å². The molecule has 2 aromatic carbocycles. The SMILES string of the molecule is CC(C(=O)NCC(O)c1cccc(F)c1)C(N)c1ccccc1. The minimum absolute atomic E-state index is 0.00807. The van der Waals surface area contributed by atoms with E-state index in [-0.39, 0.29) is 12.5 Å². The van der Waals surface area contributed by atoms with Crippen LogP contribution in [0.25, 0.3) is 0 Å². The molecule has 23 heavy (non-hydrogen) atoms. The van der Waals surface area contributed by atoms with E-state index in [1.807, 2.05) is 30.3 Å². The maximum Gasteiger partial charge on any atom is 0.224 e. The van der Waals surface area contributed by atoms with Gasteiger partial charge >= 0.3 is 0 Å². The lowest BCUT2D eigenvalue weighted by Crippen LogP contribution is -2.37. The normalized spacial score (nSPS) is 14.8. The molecule has 2 aromatic rings. The summed E-state index contributed by atoms with van der Waals surface area (Å²) in [6.07, 6.45) is -0.963. The van der Waals surface area contributed by atoms with E-state index in [1.54, 1.807) is 13.0 Å². The van der Waals surface area contributed by atoms with E-state index in [4.69, 9.17) is 5.73 Å². The summed E-state index contributed by atoms with van der Waals surface area (Å²) in [6.45, 7) is 1.75. The van der Waals surface area contributed by atoms with E-state index in [0.29, 0.717) is 5.56 Å². The second kappa shape index (κ2) is 7.85. The van der Waals surface area contributed by atoms with Crippen molar-refractivity contribution in [3.63, 3.8) is 0 Å². The first-order valence-electron chi connectivity index (χ1n) is 7.51. The molecule has 3 unspecified atom stereocenters. The summed E-state index contributed by atoms with van der Waals surface area (Å²) in [5.74, 6) is -1.12. The molecule has 4 nitrogen and oxygen atoms in total. The number of carbonyl (C=O) groups is 1. The fourth-order valence-electron chi connectivity index (χ4n) is 2.32. The lowest BCUT2D eigenvalue weighted by atomic mass is 9.94. The van der Waals surface area contributed by atoms with Gasteiger partial charge in [0.2, 0.25) is 5.91 Å². The van der Waals surface area contributed by atoms with Gasteiger partial charge in [-0.25, -0.2) is 4.39 Å². The number of nitrogens with two attached hydrogens (primary N) is 1. The van der Waals surface area contributed by atoms with Crippen LogP contribution in [0.1, 0.15) is 30.2 Å². The third-order valence-corrected chi connectivity index (χ3v) is 3.84. The Kier molecular flexibility index (Phi) is 5.84. The van der Waals surface area contributed by atoms with E-state index in [9.17, 15) is 14.3 Å². The molecular weight excluding hydrogens is 295 g/mol. The van der Waals surface area contributed by atoms with Crippen LogP contribution in [0.15, 0.2) is 54.6 Å². The molecule has 4 N–H and O–H groups in total. The Morgan fingerprint density at radius 3 is 2.48 bits per heavy atom. The molecule has 0 saturated heterocycles. The summed E-state index contributed by atoms with van der Waals surface area (Å²) in [4.78, 5) is 12.2. The van der Waals surface area contributed by atoms with Gasteiger partial charge in [0.05, 0.1) is 12.0 Å². The number of rotatable bonds is 6. The maximum absolute atomic E-state index is 13.1. The highest BCUT2D eigenvalue weighted by molar-refractivity contribution is 5.79. The molecule has 5 heteroatoms. The molecule has 122 valence electrons. The van der Waals surface area contributed by atoms with Gasteiger partial charge in [0.25, 0.3) is 0 Å². The van der Waals surface area contributed by atoms with Gasteiger partial charge in [0.15, 0.2) is 0 Å². The van der Waals surface area contributed by atoms with Crippen LogP contribution in [-0.4, -0.2) is 17.6 Å². The third kappa shape index (κ3) is 4.61. The van der Waals surface area contributed by atoms with Gasteiger partial charge in [-0.15, -0.1) is 0 Å². The van der Waals surface area contributed by atoms with Crippen molar-refractivity contribution in [3.8, 4) is 0 Å². The van der Waals surface area contributed by atoms with Crippen molar-refractivity contribution in [2.45, 2.75) is 19.1 Å².